The largest absolute Gasteiger partial charge is 0.489 e. The number of rotatable bonds is 5. The average Bonchev–Trinajstić information content (AvgIpc) is 2.70. The minimum atomic E-state index is -0.776. The number of aliphatic hydroxyl groups excluding tert-OH is 1. The molecule has 1 N–H and O–H groups in total. The SMILES string of the molecule is O[C@H]1c2ccc(OCc3ccccc3)cc2OC[C@H]1Oc1cccnc1. The molecule has 1 aliphatic rings. The minimum Gasteiger partial charge on any atom is -0.489 e. The molecule has 0 bridgehead atoms. The Labute approximate surface area is 151 Å². The second-order valence-electron chi connectivity index (χ2n) is 6.07. The Morgan fingerprint density at radius 2 is 1.92 bits per heavy atom. The van der Waals surface area contributed by atoms with Crippen molar-refractivity contribution in [1.82, 2.24) is 4.98 Å². The van der Waals surface area contributed by atoms with E-state index in [4.69, 9.17) is 14.2 Å². The predicted molar refractivity (Wildman–Crippen MR) is 96.3 cm³/mol. The molecule has 0 spiro atoms. The average molecular weight is 349 g/mol. The van der Waals surface area contributed by atoms with Gasteiger partial charge < -0.3 is 19.3 Å². The first-order valence-electron chi connectivity index (χ1n) is 8.48. The van der Waals surface area contributed by atoms with Gasteiger partial charge >= 0.3 is 0 Å². The maximum Gasteiger partial charge on any atom is 0.163 e. The second-order valence-corrected chi connectivity index (χ2v) is 6.07. The van der Waals surface area contributed by atoms with Crippen molar-refractivity contribution in [2.24, 2.45) is 0 Å². The number of aromatic nitrogens is 1. The quantitative estimate of drug-likeness (QED) is 0.763. The number of ether oxygens (including phenoxy) is 3. The fourth-order valence-electron chi connectivity index (χ4n) is 2.87. The summed E-state index contributed by atoms with van der Waals surface area (Å²) in [4.78, 5) is 4.01. The van der Waals surface area contributed by atoms with E-state index in [1.54, 1.807) is 24.5 Å². The van der Waals surface area contributed by atoms with Crippen LogP contribution in [0.25, 0.3) is 0 Å². The van der Waals surface area contributed by atoms with Crippen LogP contribution in [0.4, 0.5) is 0 Å². The monoisotopic (exact) mass is 349 g/mol. The molecule has 5 heteroatoms. The molecule has 0 unspecified atom stereocenters. The summed E-state index contributed by atoms with van der Waals surface area (Å²) in [7, 11) is 0. The van der Waals surface area contributed by atoms with Gasteiger partial charge in [0.15, 0.2) is 6.10 Å². The van der Waals surface area contributed by atoms with E-state index < -0.39 is 12.2 Å². The molecule has 132 valence electrons. The van der Waals surface area contributed by atoms with Gasteiger partial charge in [-0.15, -0.1) is 0 Å². The normalized spacial score (nSPS) is 18.5. The molecule has 26 heavy (non-hydrogen) atoms. The number of hydrogen-bond acceptors (Lipinski definition) is 5. The molecular formula is C21H19NO4. The van der Waals surface area contributed by atoms with Crippen LogP contribution in [0, 0.1) is 0 Å². The van der Waals surface area contributed by atoms with Crippen molar-refractivity contribution < 1.29 is 19.3 Å². The van der Waals surface area contributed by atoms with Crippen LogP contribution in [0.2, 0.25) is 0 Å². The van der Waals surface area contributed by atoms with Crippen LogP contribution < -0.4 is 14.2 Å². The van der Waals surface area contributed by atoms with Crippen LogP contribution in [0.15, 0.2) is 73.1 Å². The van der Waals surface area contributed by atoms with Gasteiger partial charge in [0, 0.05) is 17.8 Å². The van der Waals surface area contributed by atoms with Crippen LogP contribution in [0.3, 0.4) is 0 Å². The van der Waals surface area contributed by atoms with Gasteiger partial charge in [0.05, 0.1) is 6.20 Å². The molecule has 0 saturated carbocycles. The number of aliphatic hydroxyl groups is 1. The summed E-state index contributed by atoms with van der Waals surface area (Å²) in [5.41, 5.74) is 1.79. The number of benzene rings is 2. The summed E-state index contributed by atoms with van der Waals surface area (Å²) in [5.74, 6) is 1.92. The van der Waals surface area contributed by atoms with E-state index in [1.165, 1.54) is 0 Å². The first-order chi connectivity index (χ1) is 12.8. The second kappa shape index (κ2) is 7.45. The van der Waals surface area contributed by atoms with Gasteiger partial charge in [-0.1, -0.05) is 30.3 Å². The van der Waals surface area contributed by atoms with Gasteiger partial charge in [-0.05, 0) is 29.8 Å². The van der Waals surface area contributed by atoms with E-state index >= 15 is 0 Å². The lowest BCUT2D eigenvalue weighted by Crippen LogP contribution is -2.35. The molecule has 2 aromatic carbocycles. The first kappa shape index (κ1) is 16.4. The van der Waals surface area contributed by atoms with E-state index in [2.05, 4.69) is 4.98 Å². The van der Waals surface area contributed by atoms with Crippen molar-refractivity contribution in [3.8, 4) is 17.2 Å². The van der Waals surface area contributed by atoms with Gasteiger partial charge in [-0.2, -0.15) is 0 Å². The lowest BCUT2D eigenvalue weighted by molar-refractivity contribution is -0.0105. The fourth-order valence-corrected chi connectivity index (χ4v) is 2.87. The number of nitrogens with zero attached hydrogens (tertiary/aromatic N) is 1. The fraction of sp³-hybridized carbons (Fsp3) is 0.190. The van der Waals surface area contributed by atoms with E-state index in [9.17, 15) is 5.11 Å². The standard InChI is InChI=1S/C21H19NO4/c23-21-18-9-8-16(24-13-15-5-2-1-3-6-15)11-19(18)25-14-20(21)26-17-7-4-10-22-12-17/h1-12,20-21,23H,13-14H2/t20-,21+/m1/s1. The minimum absolute atomic E-state index is 0.255. The summed E-state index contributed by atoms with van der Waals surface area (Å²) < 4.78 is 17.4. The van der Waals surface area contributed by atoms with Crippen LogP contribution in [-0.4, -0.2) is 22.8 Å². The highest BCUT2D eigenvalue weighted by Crippen LogP contribution is 2.36. The molecule has 0 aliphatic carbocycles. The van der Waals surface area contributed by atoms with E-state index in [0.29, 0.717) is 29.4 Å². The Hall–Kier alpha value is -3.05. The molecule has 2 atom stereocenters. The van der Waals surface area contributed by atoms with Crippen molar-refractivity contribution in [2.45, 2.75) is 18.8 Å². The Morgan fingerprint density at radius 1 is 1.04 bits per heavy atom. The zero-order valence-electron chi connectivity index (χ0n) is 14.1. The van der Waals surface area contributed by atoms with Crippen LogP contribution >= 0.6 is 0 Å². The highest BCUT2D eigenvalue weighted by Gasteiger charge is 2.31. The van der Waals surface area contributed by atoms with Gasteiger partial charge in [0.1, 0.15) is 36.6 Å². The lowest BCUT2D eigenvalue weighted by atomic mass is 10.0. The summed E-state index contributed by atoms with van der Waals surface area (Å²) >= 11 is 0. The third kappa shape index (κ3) is 3.63. The third-order valence-electron chi connectivity index (χ3n) is 4.23. The van der Waals surface area contributed by atoms with Crippen LogP contribution in [0.5, 0.6) is 17.2 Å². The third-order valence-corrected chi connectivity index (χ3v) is 4.23. The van der Waals surface area contributed by atoms with Gasteiger partial charge in [-0.3, -0.25) is 4.98 Å². The molecule has 5 nitrogen and oxygen atoms in total. The predicted octanol–water partition coefficient (Wildman–Crippen LogP) is 3.53. The smallest absolute Gasteiger partial charge is 0.163 e. The lowest BCUT2D eigenvalue weighted by Gasteiger charge is -2.30. The highest BCUT2D eigenvalue weighted by atomic mass is 16.5. The Balaban J connectivity index is 1.44. The summed E-state index contributed by atoms with van der Waals surface area (Å²) in [6, 6.07) is 19.0. The number of fused-ring (bicyclic) bond motifs is 1. The molecule has 1 aromatic heterocycles. The zero-order valence-corrected chi connectivity index (χ0v) is 14.1. The summed E-state index contributed by atoms with van der Waals surface area (Å²) in [6.45, 7) is 0.736. The van der Waals surface area contributed by atoms with E-state index in [-0.39, 0.29) is 6.61 Å². The van der Waals surface area contributed by atoms with Gasteiger partial charge in [0.25, 0.3) is 0 Å². The van der Waals surface area contributed by atoms with Crippen molar-refractivity contribution in [3.63, 3.8) is 0 Å². The van der Waals surface area contributed by atoms with Crippen molar-refractivity contribution in [1.29, 1.82) is 0 Å². The Morgan fingerprint density at radius 3 is 2.73 bits per heavy atom. The molecule has 1 aliphatic heterocycles. The van der Waals surface area contributed by atoms with Crippen LogP contribution in [0.1, 0.15) is 17.2 Å². The zero-order chi connectivity index (χ0) is 17.8. The first-order valence-corrected chi connectivity index (χ1v) is 8.48. The highest BCUT2D eigenvalue weighted by molar-refractivity contribution is 5.44. The molecule has 0 amide bonds. The Bertz CT molecular complexity index is 854. The van der Waals surface area contributed by atoms with Crippen molar-refractivity contribution >= 4 is 0 Å². The maximum atomic E-state index is 10.6. The molecule has 0 fully saturated rings. The number of pyridine rings is 1. The van der Waals surface area contributed by atoms with Crippen LogP contribution in [-0.2, 0) is 6.61 Å². The van der Waals surface area contributed by atoms with Gasteiger partial charge in [0.2, 0.25) is 0 Å². The summed E-state index contributed by atoms with van der Waals surface area (Å²) in [6.07, 6.45) is 2.03. The van der Waals surface area contributed by atoms with Crippen molar-refractivity contribution in [3.05, 3.63) is 84.2 Å². The Kier molecular flexibility index (Phi) is 4.71. The van der Waals surface area contributed by atoms with Crippen molar-refractivity contribution in [2.75, 3.05) is 6.61 Å². The molecule has 0 radical (unpaired) electrons. The maximum absolute atomic E-state index is 10.6. The summed E-state index contributed by atoms with van der Waals surface area (Å²) in [5, 5.41) is 10.6. The molecule has 4 rings (SSSR count). The van der Waals surface area contributed by atoms with Gasteiger partial charge in [-0.25, -0.2) is 0 Å². The van der Waals surface area contributed by atoms with E-state index in [1.807, 2.05) is 48.5 Å². The molecule has 3 aromatic rings. The molecular weight excluding hydrogens is 330 g/mol. The topological polar surface area (TPSA) is 60.8 Å². The molecule has 0 saturated heterocycles. The number of hydrogen-bond donors (Lipinski definition) is 1. The molecule has 2 heterocycles. The van der Waals surface area contributed by atoms with E-state index in [0.717, 1.165) is 5.56 Å².